The second-order valence-electron chi connectivity index (χ2n) is 31.8. The monoisotopic (exact) mass is 1520 g/mol. The van der Waals surface area contributed by atoms with E-state index in [1.54, 1.807) is 0 Å². The van der Waals surface area contributed by atoms with Crippen molar-refractivity contribution in [2.24, 2.45) is 0 Å². The first-order valence-corrected chi connectivity index (χ1v) is 40.3. The number of amides is 4. The van der Waals surface area contributed by atoms with Crippen LogP contribution in [0.3, 0.4) is 0 Å². The van der Waals surface area contributed by atoms with Crippen LogP contribution in [0.5, 0.6) is 23.0 Å². The van der Waals surface area contributed by atoms with E-state index in [9.17, 15) is 19.2 Å². The Bertz CT molecular complexity index is 3650. The molecule has 600 valence electrons. The van der Waals surface area contributed by atoms with Crippen LogP contribution in [0, 0.1) is 94.7 Å². The molecule has 0 radical (unpaired) electrons. The van der Waals surface area contributed by atoms with Gasteiger partial charge in [-0.3, -0.25) is 0 Å². The van der Waals surface area contributed by atoms with Gasteiger partial charge in [0.1, 0.15) is 49.4 Å². The van der Waals surface area contributed by atoms with Crippen molar-refractivity contribution in [3.8, 4) is 118 Å². The van der Waals surface area contributed by atoms with Gasteiger partial charge in [-0.2, -0.15) is 0 Å². The largest absolute Gasteiger partial charge is 0.480 e. The van der Waals surface area contributed by atoms with Gasteiger partial charge in [0.25, 0.3) is 0 Å². The quantitative estimate of drug-likeness (QED) is 0.0181. The smallest absolute Gasteiger partial charge is 0.407 e. The highest BCUT2D eigenvalue weighted by molar-refractivity contribution is 5.68. The number of fused-ring (bicyclic) bond motifs is 8. The van der Waals surface area contributed by atoms with Gasteiger partial charge >= 0.3 is 24.4 Å². The fraction of sp³-hybridized carbons (Fsp3) is 0.542. The molecule has 0 atom stereocenters. The van der Waals surface area contributed by atoms with Crippen molar-refractivity contribution in [1.29, 1.82) is 0 Å². The number of ether oxygens (including phenoxy) is 8. The van der Waals surface area contributed by atoms with Crippen molar-refractivity contribution in [3.63, 3.8) is 0 Å². The molecule has 0 spiro atoms. The summed E-state index contributed by atoms with van der Waals surface area (Å²) in [5, 5.41) is 11.1. The van der Waals surface area contributed by atoms with Gasteiger partial charge in [-0.25, -0.2) is 19.2 Å². The molecule has 0 fully saturated rings. The molecule has 0 aliphatic heterocycles. The van der Waals surface area contributed by atoms with Crippen LogP contribution in [-0.2, 0) is 66.3 Å². The number of carbonyl (C=O) groups excluding carboxylic acids is 4. The van der Waals surface area contributed by atoms with Crippen LogP contribution in [0.15, 0.2) is 48.5 Å². The normalized spacial score (nSPS) is 11.3. The van der Waals surface area contributed by atoms with E-state index in [-0.39, 0.29) is 74.5 Å². The third-order valence-corrected chi connectivity index (χ3v) is 18.0. The molecule has 4 N–H and O–H groups in total. The van der Waals surface area contributed by atoms with E-state index < -0.39 is 24.4 Å². The third-order valence-electron chi connectivity index (χ3n) is 18.0. The van der Waals surface area contributed by atoms with E-state index in [1.807, 2.05) is 0 Å². The number of rotatable bonds is 32. The lowest BCUT2D eigenvalue weighted by Gasteiger charge is -2.29. The maximum Gasteiger partial charge on any atom is 0.407 e. The Morgan fingerprint density at radius 1 is 0.286 bits per heavy atom. The number of hydrogen-bond acceptors (Lipinski definition) is 12. The molecule has 8 bridgehead atoms. The molecule has 0 unspecified atom stereocenters. The third kappa shape index (κ3) is 35.3. The van der Waals surface area contributed by atoms with Gasteiger partial charge in [-0.05, 0) is 211 Å². The average molecular weight is 1530 g/mol. The first-order valence-electron chi connectivity index (χ1n) is 40.3. The minimum atomic E-state index is -0.424. The molecule has 1 aliphatic rings. The van der Waals surface area contributed by atoms with Crippen molar-refractivity contribution in [3.05, 3.63) is 115 Å². The molecule has 0 saturated carbocycles. The topological polar surface area (TPSA) is 190 Å². The summed E-state index contributed by atoms with van der Waals surface area (Å²) in [6.07, 6.45) is 11.5. The second-order valence-corrected chi connectivity index (χ2v) is 31.8. The molecular formula is C96H124N4O12. The van der Waals surface area contributed by atoms with Gasteiger partial charge in [0, 0.05) is 77.5 Å². The van der Waals surface area contributed by atoms with Gasteiger partial charge < -0.3 is 59.2 Å². The van der Waals surface area contributed by atoms with Gasteiger partial charge in [-0.1, -0.05) is 209 Å². The van der Waals surface area contributed by atoms with Crippen molar-refractivity contribution >= 4 is 24.4 Å². The van der Waals surface area contributed by atoms with E-state index in [0.29, 0.717) is 126 Å². The molecular weight excluding hydrogens is 1400 g/mol. The molecule has 4 aromatic carbocycles. The lowest BCUT2D eigenvalue weighted by Crippen LogP contribution is -2.25. The molecule has 1 aliphatic carbocycles. The van der Waals surface area contributed by atoms with Crippen molar-refractivity contribution in [1.82, 2.24) is 21.3 Å². The van der Waals surface area contributed by atoms with Crippen molar-refractivity contribution in [2.45, 2.75) is 261 Å². The highest BCUT2D eigenvalue weighted by Crippen LogP contribution is 2.45. The molecule has 16 nitrogen and oxygen atoms in total. The molecule has 112 heavy (non-hydrogen) atoms. The van der Waals surface area contributed by atoms with E-state index in [4.69, 9.17) is 37.9 Å². The highest BCUT2D eigenvalue weighted by atomic mass is 16.6. The second kappa shape index (κ2) is 49.8. The Morgan fingerprint density at radius 3 is 0.634 bits per heavy atom. The van der Waals surface area contributed by atoms with Crippen LogP contribution in [0.2, 0.25) is 0 Å². The highest BCUT2D eigenvalue weighted by Gasteiger charge is 2.30. The zero-order chi connectivity index (χ0) is 81.6. The molecule has 16 heteroatoms. The summed E-state index contributed by atoms with van der Waals surface area (Å²) in [5.41, 5.74) is 10.4. The Morgan fingerprint density at radius 2 is 0.464 bits per heavy atom. The maximum absolute atomic E-state index is 12.2. The number of carbonyl (C=O) groups is 4. The SMILES string of the molecule is CCCCNC(=O)OCCCC#CC#CCOc1c2cc(C(C)(C)C)cc1Cc1cc(C(C)(C)C)cc(c1OCC#CC#CCCCOC(=O)NCCCC)Cc1cc(C(C)(C)C)cc(c1OCC#CC#CCCCOC(=O)NCCCC)Cc1cc(C(C)(C)C)cc(c1OCC#CC#CCCCOC(=O)NCCCC)C2. The molecule has 0 heterocycles. The first kappa shape index (κ1) is 92.2. The van der Waals surface area contributed by atoms with Crippen LogP contribution in [0.4, 0.5) is 19.2 Å². The molecule has 4 amide bonds. The zero-order valence-corrected chi connectivity index (χ0v) is 70.1. The van der Waals surface area contributed by atoms with E-state index in [0.717, 1.165) is 118 Å². The average Bonchev–Trinajstić information content (AvgIpc) is 0.761. The number of nitrogens with one attached hydrogen (secondary N) is 4. The van der Waals surface area contributed by atoms with Gasteiger partial charge in [0.15, 0.2) is 0 Å². The summed E-state index contributed by atoms with van der Waals surface area (Å²) >= 11 is 0. The fourth-order valence-corrected chi connectivity index (χ4v) is 11.5. The minimum absolute atomic E-state index is 0.0222. The summed E-state index contributed by atoms with van der Waals surface area (Å²) in [4.78, 5) is 48.7. The molecule has 0 saturated heterocycles. The Labute approximate surface area is 672 Å². The van der Waals surface area contributed by atoms with Crippen molar-refractivity contribution < 1.29 is 57.1 Å². The van der Waals surface area contributed by atoms with E-state index in [1.165, 1.54) is 0 Å². The van der Waals surface area contributed by atoms with Gasteiger partial charge in [0.05, 0.1) is 26.4 Å². The zero-order valence-electron chi connectivity index (χ0n) is 70.1. The summed E-state index contributed by atoms with van der Waals surface area (Å²) in [5.74, 6) is 52.2. The van der Waals surface area contributed by atoms with E-state index in [2.05, 4.69) is 275 Å². The lowest BCUT2D eigenvalue weighted by molar-refractivity contribution is 0.144. The Balaban J connectivity index is 1.79. The van der Waals surface area contributed by atoms with Gasteiger partial charge in [-0.15, -0.1) is 0 Å². The number of benzene rings is 4. The standard InChI is InChI=1S/C96H124N4O12/c1-17-21-49-97-89(101)109-57-45-37-29-25-33-41-53-105-85-73-61-75-67-82(94(8,9)10)69-77(86(75)106-54-42-34-26-30-38-46-58-110-90(102)98-50-22-18-2)63-79-71-84(96(14,15)16)72-80(88(79)108-56-44-36-28-32-40-48-60-112-92(104)100-52-24-20-4)64-78-70-83(95(11,12)13)68-76(62-74(85)66-81(65-73)93(5,6)7)87(78)107-55-43-35-27-31-39-47-59-111-91(103)99-51-23-19-3/h65-72H,17-24,37-40,45-64H2,1-16H3,(H,97,101)(H,98,102)(H,99,103)(H,100,104). The van der Waals surface area contributed by atoms with E-state index >= 15 is 0 Å². The predicted molar refractivity (Wildman–Crippen MR) is 450 cm³/mol. The van der Waals surface area contributed by atoms with Crippen LogP contribution < -0.4 is 40.2 Å². The maximum atomic E-state index is 12.2. The Kier molecular flexibility index (Phi) is 41.0. The number of hydrogen-bond donors (Lipinski definition) is 4. The number of unbranched alkanes of at least 4 members (excludes halogenated alkanes) is 8. The predicted octanol–water partition coefficient (Wildman–Crippen LogP) is 18.3. The van der Waals surface area contributed by atoms with Crippen LogP contribution in [0.25, 0.3) is 0 Å². The summed E-state index contributed by atoms with van der Waals surface area (Å²) in [6, 6.07) is 18.1. The number of alkyl carbamates (subject to hydrolysis) is 4. The summed E-state index contributed by atoms with van der Waals surface area (Å²) in [7, 11) is 0. The lowest BCUT2D eigenvalue weighted by atomic mass is 9.79. The minimum Gasteiger partial charge on any atom is -0.480 e. The summed E-state index contributed by atoms with van der Waals surface area (Å²) in [6.45, 7) is 38.4. The van der Waals surface area contributed by atoms with Crippen LogP contribution in [0.1, 0.15) is 280 Å². The van der Waals surface area contributed by atoms with Crippen LogP contribution >= 0.6 is 0 Å². The molecule has 5 rings (SSSR count). The van der Waals surface area contributed by atoms with Crippen LogP contribution in [-0.4, -0.2) is 103 Å². The summed E-state index contributed by atoms with van der Waals surface area (Å²) < 4.78 is 49.9. The van der Waals surface area contributed by atoms with Crippen molar-refractivity contribution in [2.75, 3.05) is 79.0 Å². The Hall–Kier alpha value is -10.4. The molecule has 0 aromatic heterocycles. The fourth-order valence-electron chi connectivity index (χ4n) is 11.5. The van der Waals surface area contributed by atoms with Gasteiger partial charge in [0.2, 0.25) is 0 Å². The molecule has 4 aromatic rings. The first-order chi connectivity index (χ1) is 53.7.